The molecule has 0 rings (SSSR count). The van der Waals surface area contributed by atoms with Crippen molar-refractivity contribution >= 4 is 5.84 Å². The SMILES string of the molecule is C/N=C(\C)NC(C)(C)C. The zero-order valence-corrected chi connectivity index (χ0v) is 6.95. The van der Waals surface area contributed by atoms with Crippen molar-refractivity contribution in [2.24, 2.45) is 4.99 Å². The molecule has 0 atom stereocenters. The van der Waals surface area contributed by atoms with Gasteiger partial charge in [0.1, 0.15) is 0 Å². The summed E-state index contributed by atoms with van der Waals surface area (Å²) in [7, 11) is 1.79. The second-order valence-corrected chi connectivity index (χ2v) is 3.18. The number of nitrogens with one attached hydrogen (secondary N) is 1. The highest BCUT2D eigenvalue weighted by molar-refractivity contribution is 5.79. The van der Waals surface area contributed by atoms with Gasteiger partial charge in [0.05, 0.1) is 5.84 Å². The molecule has 0 saturated carbocycles. The van der Waals surface area contributed by atoms with Crippen LogP contribution in [-0.4, -0.2) is 18.4 Å². The average Bonchev–Trinajstić information content (AvgIpc) is 1.62. The van der Waals surface area contributed by atoms with Crippen molar-refractivity contribution in [3.8, 4) is 0 Å². The lowest BCUT2D eigenvalue weighted by Gasteiger charge is -2.21. The van der Waals surface area contributed by atoms with Crippen molar-refractivity contribution in [1.82, 2.24) is 5.32 Å². The summed E-state index contributed by atoms with van der Waals surface area (Å²) in [5.74, 6) is 0.988. The van der Waals surface area contributed by atoms with Crippen LogP contribution in [0, 0.1) is 0 Å². The summed E-state index contributed by atoms with van der Waals surface area (Å²) in [6, 6.07) is 0. The average molecular weight is 128 g/mol. The fourth-order valence-electron chi connectivity index (χ4n) is 0.599. The molecular weight excluding hydrogens is 112 g/mol. The Labute approximate surface area is 57.4 Å². The quantitative estimate of drug-likeness (QED) is 0.387. The maximum absolute atomic E-state index is 3.98. The molecule has 0 aliphatic rings. The number of aliphatic imine (C=N–C) groups is 1. The molecule has 0 aliphatic carbocycles. The van der Waals surface area contributed by atoms with Crippen LogP contribution in [0.5, 0.6) is 0 Å². The van der Waals surface area contributed by atoms with Gasteiger partial charge in [-0.15, -0.1) is 0 Å². The van der Waals surface area contributed by atoms with Crippen LogP contribution in [0.3, 0.4) is 0 Å². The van der Waals surface area contributed by atoms with E-state index >= 15 is 0 Å². The van der Waals surface area contributed by atoms with E-state index in [9.17, 15) is 0 Å². The van der Waals surface area contributed by atoms with Gasteiger partial charge in [-0.05, 0) is 27.7 Å². The van der Waals surface area contributed by atoms with Gasteiger partial charge >= 0.3 is 0 Å². The van der Waals surface area contributed by atoms with Crippen LogP contribution < -0.4 is 5.32 Å². The lowest BCUT2D eigenvalue weighted by atomic mass is 10.1. The van der Waals surface area contributed by atoms with E-state index < -0.39 is 0 Å². The Balaban J connectivity index is 3.75. The second kappa shape index (κ2) is 2.85. The van der Waals surface area contributed by atoms with Gasteiger partial charge in [-0.2, -0.15) is 0 Å². The third-order valence-corrected chi connectivity index (χ3v) is 0.891. The molecule has 0 bridgehead atoms. The van der Waals surface area contributed by atoms with Gasteiger partial charge in [0, 0.05) is 12.6 Å². The van der Waals surface area contributed by atoms with Crippen LogP contribution in [0.2, 0.25) is 0 Å². The molecule has 0 unspecified atom stereocenters. The van der Waals surface area contributed by atoms with Crippen molar-refractivity contribution in [2.75, 3.05) is 7.05 Å². The van der Waals surface area contributed by atoms with Crippen LogP contribution >= 0.6 is 0 Å². The lowest BCUT2D eigenvalue weighted by Crippen LogP contribution is -2.39. The fraction of sp³-hybridized carbons (Fsp3) is 0.857. The van der Waals surface area contributed by atoms with Gasteiger partial charge in [-0.25, -0.2) is 0 Å². The predicted molar refractivity (Wildman–Crippen MR) is 41.9 cm³/mol. The Kier molecular flexibility index (Phi) is 2.68. The third kappa shape index (κ3) is 5.34. The Morgan fingerprint density at radius 2 is 1.78 bits per heavy atom. The summed E-state index contributed by atoms with van der Waals surface area (Å²) in [4.78, 5) is 3.98. The minimum Gasteiger partial charge on any atom is -0.369 e. The van der Waals surface area contributed by atoms with Crippen molar-refractivity contribution in [3.63, 3.8) is 0 Å². The van der Waals surface area contributed by atoms with E-state index in [1.165, 1.54) is 0 Å². The normalized spacial score (nSPS) is 13.7. The van der Waals surface area contributed by atoms with Gasteiger partial charge in [0.15, 0.2) is 0 Å². The molecule has 0 spiro atoms. The first-order chi connectivity index (χ1) is 3.95. The molecule has 0 radical (unpaired) electrons. The maximum Gasteiger partial charge on any atom is 0.0932 e. The Morgan fingerprint density at radius 3 is 1.89 bits per heavy atom. The predicted octanol–water partition coefficient (Wildman–Crippen LogP) is 1.42. The van der Waals surface area contributed by atoms with Crippen molar-refractivity contribution < 1.29 is 0 Å². The van der Waals surface area contributed by atoms with E-state index in [2.05, 4.69) is 31.1 Å². The molecule has 0 aromatic heterocycles. The highest BCUT2D eigenvalue weighted by Gasteiger charge is 2.07. The van der Waals surface area contributed by atoms with E-state index in [1.54, 1.807) is 7.05 Å². The number of rotatable bonds is 0. The van der Waals surface area contributed by atoms with Crippen molar-refractivity contribution in [2.45, 2.75) is 33.2 Å². The molecule has 0 saturated heterocycles. The number of amidine groups is 1. The zero-order chi connectivity index (χ0) is 7.49. The number of hydrogen-bond donors (Lipinski definition) is 1. The fourth-order valence-corrected chi connectivity index (χ4v) is 0.599. The van der Waals surface area contributed by atoms with Crippen LogP contribution in [0.25, 0.3) is 0 Å². The number of hydrogen-bond acceptors (Lipinski definition) is 1. The first kappa shape index (κ1) is 8.47. The summed E-state index contributed by atoms with van der Waals surface area (Å²) >= 11 is 0. The minimum atomic E-state index is 0.142. The van der Waals surface area contributed by atoms with Crippen molar-refractivity contribution in [3.05, 3.63) is 0 Å². The van der Waals surface area contributed by atoms with E-state index in [0.717, 1.165) is 5.84 Å². The van der Waals surface area contributed by atoms with Crippen LogP contribution in [0.1, 0.15) is 27.7 Å². The molecule has 0 aromatic rings. The molecule has 0 heterocycles. The summed E-state index contributed by atoms with van der Waals surface area (Å²) in [6.07, 6.45) is 0. The van der Waals surface area contributed by atoms with E-state index in [0.29, 0.717) is 0 Å². The standard InChI is InChI=1S/C7H16N2/c1-6(8-5)9-7(2,3)4/h1-5H3,(H,8,9). The maximum atomic E-state index is 3.98. The smallest absolute Gasteiger partial charge is 0.0932 e. The molecule has 2 nitrogen and oxygen atoms in total. The molecule has 9 heavy (non-hydrogen) atoms. The lowest BCUT2D eigenvalue weighted by molar-refractivity contribution is 0.510. The van der Waals surface area contributed by atoms with Gasteiger partial charge in [-0.1, -0.05) is 0 Å². The van der Waals surface area contributed by atoms with Crippen LogP contribution in [0.15, 0.2) is 4.99 Å². The molecular formula is C7H16N2. The molecule has 0 amide bonds. The summed E-state index contributed by atoms with van der Waals surface area (Å²) in [5, 5.41) is 3.22. The molecule has 0 aliphatic heterocycles. The van der Waals surface area contributed by atoms with E-state index in [1.807, 2.05) is 6.92 Å². The Hall–Kier alpha value is -0.530. The second-order valence-electron chi connectivity index (χ2n) is 3.18. The first-order valence-electron chi connectivity index (χ1n) is 3.17. The summed E-state index contributed by atoms with van der Waals surface area (Å²) in [6.45, 7) is 8.30. The Bertz CT molecular complexity index is 109. The third-order valence-electron chi connectivity index (χ3n) is 0.891. The van der Waals surface area contributed by atoms with Gasteiger partial charge in [-0.3, -0.25) is 4.99 Å². The molecule has 54 valence electrons. The summed E-state index contributed by atoms with van der Waals surface area (Å²) in [5.41, 5.74) is 0.142. The van der Waals surface area contributed by atoms with Crippen molar-refractivity contribution in [1.29, 1.82) is 0 Å². The number of nitrogens with zero attached hydrogens (tertiary/aromatic N) is 1. The topological polar surface area (TPSA) is 24.4 Å². The zero-order valence-electron chi connectivity index (χ0n) is 6.95. The highest BCUT2D eigenvalue weighted by atomic mass is 15.0. The Morgan fingerprint density at radius 1 is 1.33 bits per heavy atom. The van der Waals surface area contributed by atoms with Gasteiger partial charge in [0.2, 0.25) is 0 Å². The molecule has 1 N–H and O–H groups in total. The molecule has 0 fully saturated rings. The monoisotopic (exact) mass is 128 g/mol. The first-order valence-corrected chi connectivity index (χ1v) is 3.17. The van der Waals surface area contributed by atoms with Gasteiger partial charge in [0.25, 0.3) is 0 Å². The molecule has 2 heteroatoms. The van der Waals surface area contributed by atoms with Crippen LogP contribution in [0.4, 0.5) is 0 Å². The van der Waals surface area contributed by atoms with E-state index in [-0.39, 0.29) is 5.54 Å². The summed E-state index contributed by atoms with van der Waals surface area (Å²) < 4.78 is 0. The largest absolute Gasteiger partial charge is 0.369 e. The highest BCUT2D eigenvalue weighted by Crippen LogP contribution is 1.97. The van der Waals surface area contributed by atoms with Gasteiger partial charge < -0.3 is 5.32 Å². The minimum absolute atomic E-state index is 0.142. The molecule has 0 aromatic carbocycles. The van der Waals surface area contributed by atoms with Crippen LogP contribution in [-0.2, 0) is 0 Å². The van der Waals surface area contributed by atoms with E-state index in [4.69, 9.17) is 0 Å².